The van der Waals surface area contributed by atoms with Gasteiger partial charge in [0.05, 0.1) is 6.61 Å². The average molecular weight is 323 g/mol. The lowest BCUT2D eigenvalue weighted by molar-refractivity contribution is -0.152. The van der Waals surface area contributed by atoms with Crippen molar-refractivity contribution >= 4 is 11.9 Å². The Kier molecular flexibility index (Phi) is 4.95. The second-order valence-electron chi connectivity index (χ2n) is 7.84. The summed E-state index contributed by atoms with van der Waals surface area (Å²) < 4.78 is 5.12. The molecule has 23 heavy (non-hydrogen) atoms. The van der Waals surface area contributed by atoms with Crippen molar-refractivity contribution in [2.45, 2.75) is 51.4 Å². The molecule has 0 aromatic carbocycles. The van der Waals surface area contributed by atoms with Gasteiger partial charge >= 0.3 is 5.97 Å². The molecule has 1 N–H and O–H groups in total. The molecule has 4 unspecified atom stereocenters. The van der Waals surface area contributed by atoms with Crippen LogP contribution in [-0.4, -0.2) is 48.7 Å². The first kappa shape index (κ1) is 16.7. The fourth-order valence-corrected chi connectivity index (χ4v) is 5.05. The minimum atomic E-state index is -0.910. The van der Waals surface area contributed by atoms with Crippen molar-refractivity contribution in [3.63, 3.8) is 0 Å². The smallest absolute Gasteiger partial charge is 0.313 e. The number of carboxylic acid groups (broad SMARTS) is 1. The number of amides is 1. The molecule has 130 valence electrons. The molecule has 3 rings (SSSR count). The number of carbonyl (C=O) groups is 2. The van der Waals surface area contributed by atoms with Crippen LogP contribution in [0.2, 0.25) is 0 Å². The summed E-state index contributed by atoms with van der Waals surface area (Å²) in [6.45, 7) is 1.04. The molecule has 3 fully saturated rings. The quantitative estimate of drug-likeness (QED) is 0.863. The van der Waals surface area contributed by atoms with Crippen molar-refractivity contribution in [1.82, 2.24) is 4.90 Å². The van der Waals surface area contributed by atoms with Gasteiger partial charge < -0.3 is 14.7 Å². The molecule has 5 nitrogen and oxygen atoms in total. The van der Waals surface area contributed by atoms with E-state index in [-0.39, 0.29) is 18.4 Å². The SMILES string of the molecule is COCC1(C(=O)O)CCN(C(=O)C2CCC3CCCCC3C2)C1. The van der Waals surface area contributed by atoms with Crippen LogP contribution in [0, 0.1) is 23.2 Å². The summed E-state index contributed by atoms with van der Waals surface area (Å²) in [5.74, 6) is 1.01. The van der Waals surface area contributed by atoms with E-state index in [4.69, 9.17) is 4.74 Å². The topological polar surface area (TPSA) is 66.8 Å². The van der Waals surface area contributed by atoms with Gasteiger partial charge in [-0.3, -0.25) is 9.59 Å². The van der Waals surface area contributed by atoms with Crippen molar-refractivity contribution in [3.8, 4) is 0 Å². The highest BCUT2D eigenvalue weighted by Crippen LogP contribution is 2.44. The van der Waals surface area contributed by atoms with Crippen LogP contribution < -0.4 is 0 Å². The highest BCUT2D eigenvalue weighted by atomic mass is 16.5. The number of hydrogen-bond acceptors (Lipinski definition) is 3. The van der Waals surface area contributed by atoms with Gasteiger partial charge in [0.25, 0.3) is 0 Å². The average Bonchev–Trinajstić information content (AvgIpc) is 3.00. The van der Waals surface area contributed by atoms with Crippen molar-refractivity contribution < 1.29 is 19.4 Å². The van der Waals surface area contributed by atoms with Crippen LogP contribution in [0.15, 0.2) is 0 Å². The maximum atomic E-state index is 12.9. The van der Waals surface area contributed by atoms with E-state index in [1.165, 1.54) is 39.2 Å². The van der Waals surface area contributed by atoms with Crippen LogP contribution in [0.25, 0.3) is 0 Å². The number of ether oxygens (including phenoxy) is 1. The third-order valence-electron chi connectivity index (χ3n) is 6.43. The fraction of sp³-hybridized carbons (Fsp3) is 0.889. The molecule has 3 aliphatic rings. The lowest BCUT2D eigenvalue weighted by Gasteiger charge is -2.39. The zero-order chi connectivity index (χ0) is 16.4. The highest BCUT2D eigenvalue weighted by Gasteiger charge is 2.48. The van der Waals surface area contributed by atoms with E-state index in [1.54, 1.807) is 4.90 Å². The van der Waals surface area contributed by atoms with Crippen LogP contribution in [0.1, 0.15) is 51.4 Å². The zero-order valence-corrected chi connectivity index (χ0v) is 14.1. The molecule has 0 radical (unpaired) electrons. The summed E-state index contributed by atoms with van der Waals surface area (Å²) in [6, 6.07) is 0. The van der Waals surface area contributed by atoms with Crippen LogP contribution in [0.3, 0.4) is 0 Å². The highest BCUT2D eigenvalue weighted by molar-refractivity contribution is 5.82. The molecule has 1 saturated heterocycles. The molecule has 2 saturated carbocycles. The number of fused-ring (bicyclic) bond motifs is 1. The van der Waals surface area contributed by atoms with Crippen molar-refractivity contribution in [2.24, 2.45) is 23.2 Å². The number of carboxylic acids is 1. The summed E-state index contributed by atoms with van der Waals surface area (Å²) in [4.78, 5) is 26.3. The van der Waals surface area contributed by atoms with Crippen LogP contribution in [0.5, 0.6) is 0 Å². The van der Waals surface area contributed by atoms with E-state index in [0.717, 1.165) is 24.7 Å². The standard InChI is InChI=1S/C18H29NO4/c1-23-12-18(17(21)22)8-9-19(11-18)16(20)15-7-6-13-4-2-3-5-14(13)10-15/h13-15H,2-12H2,1H3,(H,21,22). The molecular weight excluding hydrogens is 294 g/mol. The van der Waals surface area contributed by atoms with Crippen LogP contribution in [-0.2, 0) is 14.3 Å². The van der Waals surface area contributed by atoms with Gasteiger partial charge in [-0.05, 0) is 37.5 Å². The Labute approximate surface area is 138 Å². The third kappa shape index (κ3) is 3.25. The van der Waals surface area contributed by atoms with Crippen LogP contribution >= 0.6 is 0 Å². The van der Waals surface area contributed by atoms with E-state index >= 15 is 0 Å². The molecule has 1 heterocycles. The van der Waals surface area contributed by atoms with Gasteiger partial charge in [0.1, 0.15) is 5.41 Å². The first-order valence-corrected chi connectivity index (χ1v) is 9.07. The van der Waals surface area contributed by atoms with E-state index in [9.17, 15) is 14.7 Å². The second-order valence-corrected chi connectivity index (χ2v) is 7.84. The van der Waals surface area contributed by atoms with Gasteiger partial charge in [-0.2, -0.15) is 0 Å². The van der Waals surface area contributed by atoms with Crippen molar-refractivity contribution in [3.05, 3.63) is 0 Å². The third-order valence-corrected chi connectivity index (χ3v) is 6.43. The predicted octanol–water partition coefficient (Wildman–Crippen LogP) is 2.54. The molecule has 2 aliphatic carbocycles. The minimum absolute atomic E-state index is 0.112. The molecule has 0 bridgehead atoms. The Balaban J connectivity index is 1.61. The first-order chi connectivity index (χ1) is 11.1. The number of rotatable bonds is 4. The molecule has 4 atom stereocenters. The number of nitrogens with zero attached hydrogens (tertiary/aromatic N) is 1. The molecule has 0 spiro atoms. The van der Waals surface area contributed by atoms with Gasteiger partial charge in [0, 0.05) is 26.1 Å². The maximum absolute atomic E-state index is 12.9. The molecule has 5 heteroatoms. The van der Waals surface area contributed by atoms with E-state index in [0.29, 0.717) is 19.5 Å². The Morgan fingerprint density at radius 1 is 1.17 bits per heavy atom. The monoisotopic (exact) mass is 323 g/mol. The summed E-state index contributed by atoms with van der Waals surface area (Å²) in [6.07, 6.45) is 8.96. The number of hydrogen-bond donors (Lipinski definition) is 1. The molecule has 1 amide bonds. The second kappa shape index (κ2) is 6.80. The van der Waals surface area contributed by atoms with E-state index < -0.39 is 11.4 Å². The minimum Gasteiger partial charge on any atom is -0.481 e. The van der Waals surface area contributed by atoms with Crippen molar-refractivity contribution in [2.75, 3.05) is 26.8 Å². The van der Waals surface area contributed by atoms with Gasteiger partial charge in [-0.25, -0.2) is 0 Å². The molecule has 0 aromatic heterocycles. The van der Waals surface area contributed by atoms with Crippen LogP contribution in [0.4, 0.5) is 0 Å². The summed E-state index contributed by atoms with van der Waals surface area (Å²) in [5, 5.41) is 9.54. The van der Waals surface area contributed by atoms with Gasteiger partial charge in [-0.1, -0.05) is 25.7 Å². The fourth-order valence-electron chi connectivity index (χ4n) is 5.05. The number of carbonyl (C=O) groups excluding carboxylic acids is 1. The number of aliphatic carboxylic acids is 1. The van der Waals surface area contributed by atoms with Gasteiger partial charge in [0.2, 0.25) is 5.91 Å². The van der Waals surface area contributed by atoms with Gasteiger partial charge in [0.15, 0.2) is 0 Å². The van der Waals surface area contributed by atoms with E-state index in [2.05, 4.69) is 0 Å². The summed E-state index contributed by atoms with van der Waals surface area (Å²) >= 11 is 0. The zero-order valence-electron chi connectivity index (χ0n) is 14.1. The Morgan fingerprint density at radius 3 is 2.61 bits per heavy atom. The largest absolute Gasteiger partial charge is 0.481 e. The number of methoxy groups -OCH3 is 1. The first-order valence-electron chi connectivity index (χ1n) is 9.07. The number of likely N-dealkylation sites (tertiary alicyclic amines) is 1. The summed E-state index contributed by atoms with van der Waals surface area (Å²) in [7, 11) is 1.53. The molecule has 0 aromatic rings. The summed E-state index contributed by atoms with van der Waals surface area (Å²) in [5.41, 5.74) is -0.910. The Hall–Kier alpha value is -1.10. The lowest BCUT2D eigenvalue weighted by Crippen LogP contribution is -2.43. The predicted molar refractivity (Wildman–Crippen MR) is 85.9 cm³/mol. The van der Waals surface area contributed by atoms with E-state index in [1.807, 2.05) is 0 Å². The Morgan fingerprint density at radius 2 is 1.91 bits per heavy atom. The molecule has 1 aliphatic heterocycles. The normalized spacial score (nSPS) is 37.4. The van der Waals surface area contributed by atoms with Crippen molar-refractivity contribution in [1.29, 1.82) is 0 Å². The lowest BCUT2D eigenvalue weighted by atomic mass is 9.67. The maximum Gasteiger partial charge on any atom is 0.313 e. The molecular formula is C18H29NO4. The van der Waals surface area contributed by atoms with Gasteiger partial charge in [-0.15, -0.1) is 0 Å². The Bertz CT molecular complexity index is 466.